The highest BCUT2D eigenvalue weighted by Gasteiger charge is 2.32. The van der Waals surface area contributed by atoms with Gasteiger partial charge in [0.25, 0.3) is 5.92 Å². The van der Waals surface area contributed by atoms with Crippen molar-refractivity contribution in [2.45, 2.75) is 63.3 Å². The maximum absolute atomic E-state index is 14.0. The van der Waals surface area contributed by atoms with E-state index in [1.807, 2.05) is 0 Å². The van der Waals surface area contributed by atoms with Gasteiger partial charge >= 0.3 is 12.2 Å². The number of amides is 2. The molecule has 0 aromatic heterocycles. The van der Waals surface area contributed by atoms with Crippen molar-refractivity contribution in [3.05, 3.63) is 59.7 Å². The topological polar surface area (TPSA) is 50.4 Å². The normalized spacial score (nSPS) is 18.9. The van der Waals surface area contributed by atoms with Gasteiger partial charge in [0.1, 0.15) is 11.9 Å². The summed E-state index contributed by atoms with van der Waals surface area (Å²) in [5.41, 5.74) is -0.852. The highest BCUT2D eigenvalue weighted by atomic mass is 19.4. The van der Waals surface area contributed by atoms with Crippen LogP contribution in [0.4, 0.5) is 32.4 Å². The number of urea groups is 1. The van der Waals surface area contributed by atoms with E-state index in [2.05, 4.69) is 10.6 Å². The first kappa shape index (κ1) is 23.8. The van der Waals surface area contributed by atoms with Crippen molar-refractivity contribution in [1.29, 1.82) is 0 Å². The largest absolute Gasteiger partial charge is 0.490 e. The number of carbonyl (C=O) groups is 1. The number of anilines is 1. The van der Waals surface area contributed by atoms with Gasteiger partial charge in [-0.15, -0.1) is 0 Å². The van der Waals surface area contributed by atoms with Gasteiger partial charge in [-0.2, -0.15) is 13.2 Å². The van der Waals surface area contributed by atoms with Gasteiger partial charge < -0.3 is 15.4 Å². The van der Waals surface area contributed by atoms with Crippen LogP contribution < -0.4 is 15.4 Å². The Hall–Kier alpha value is -2.84. The van der Waals surface area contributed by atoms with E-state index in [4.69, 9.17) is 4.74 Å². The third-order valence-corrected chi connectivity index (χ3v) is 5.31. The lowest BCUT2D eigenvalue weighted by Crippen LogP contribution is -2.37. The van der Waals surface area contributed by atoms with E-state index in [0.717, 1.165) is 12.1 Å². The number of halogens is 5. The quantitative estimate of drug-likeness (QED) is 0.455. The van der Waals surface area contributed by atoms with E-state index in [-0.39, 0.29) is 29.8 Å². The average Bonchev–Trinajstić information content (AvgIpc) is 3.14. The molecule has 3 rings (SSSR count). The molecule has 2 atom stereocenters. The number of hydrogen-bond donors (Lipinski definition) is 2. The fourth-order valence-electron chi connectivity index (χ4n) is 3.73. The van der Waals surface area contributed by atoms with E-state index in [0.29, 0.717) is 31.4 Å². The smallest absolute Gasteiger partial charge is 0.416 e. The summed E-state index contributed by atoms with van der Waals surface area (Å²) in [5, 5.41) is 5.15. The predicted molar refractivity (Wildman–Crippen MR) is 111 cm³/mol. The molecule has 174 valence electrons. The molecule has 0 aliphatic heterocycles. The molecule has 0 spiro atoms. The zero-order valence-electron chi connectivity index (χ0n) is 17.5. The molecule has 1 saturated carbocycles. The van der Waals surface area contributed by atoms with Crippen molar-refractivity contribution >= 4 is 11.7 Å². The molecule has 0 unspecified atom stereocenters. The van der Waals surface area contributed by atoms with Gasteiger partial charge in [-0.1, -0.05) is 19.4 Å². The van der Waals surface area contributed by atoms with Crippen LogP contribution in [0.3, 0.4) is 0 Å². The van der Waals surface area contributed by atoms with Crippen LogP contribution in [0, 0.1) is 0 Å². The third-order valence-electron chi connectivity index (χ3n) is 5.31. The predicted octanol–water partition coefficient (Wildman–Crippen LogP) is 6.72. The summed E-state index contributed by atoms with van der Waals surface area (Å²) in [7, 11) is 0. The van der Waals surface area contributed by atoms with Crippen molar-refractivity contribution in [1.82, 2.24) is 5.32 Å². The molecule has 4 nitrogen and oxygen atoms in total. The zero-order valence-corrected chi connectivity index (χ0v) is 17.5. The Balaban J connectivity index is 1.49. The Morgan fingerprint density at radius 1 is 1.03 bits per heavy atom. The number of carbonyl (C=O) groups excluding carboxylic acids is 1. The summed E-state index contributed by atoms with van der Waals surface area (Å²) in [6.45, 7) is 1.70. The third kappa shape index (κ3) is 6.34. The molecule has 2 aromatic rings. The minimum Gasteiger partial charge on any atom is -0.490 e. The maximum Gasteiger partial charge on any atom is 0.416 e. The van der Waals surface area contributed by atoms with Crippen molar-refractivity contribution < 1.29 is 31.5 Å². The van der Waals surface area contributed by atoms with Crippen LogP contribution in [0.1, 0.15) is 50.2 Å². The summed E-state index contributed by atoms with van der Waals surface area (Å²) in [4.78, 5) is 12.2. The number of hydrogen-bond acceptors (Lipinski definition) is 2. The van der Waals surface area contributed by atoms with Gasteiger partial charge in [0, 0.05) is 30.1 Å². The summed E-state index contributed by atoms with van der Waals surface area (Å²) >= 11 is 0. The van der Waals surface area contributed by atoms with Crippen LogP contribution >= 0.6 is 0 Å². The van der Waals surface area contributed by atoms with Crippen molar-refractivity contribution in [2.24, 2.45) is 0 Å². The van der Waals surface area contributed by atoms with Crippen LogP contribution in [0.15, 0.2) is 48.5 Å². The van der Waals surface area contributed by atoms with E-state index >= 15 is 0 Å². The molecule has 0 saturated heterocycles. The second-order valence-electron chi connectivity index (χ2n) is 7.91. The molecule has 9 heteroatoms. The number of nitrogens with one attached hydrogen (secondary N) is 2. The molecule has 1 fully saturated rings. The van der Waals surface area contributed by atoms with Crippen molar-refractivity contribution in [3.8, 4) is 5.75 Å². The first-order valence-electron chi connectivity index (χ1n) is 10.5. The molecule has 0 bridgehead atoms. The molecule has 2 N–H and O–H groups in total. The minimum absolute atomic E-state index is 0.0445. The highest BCUT2D eigenvalue weighted by molar-refractivity contribution is 5.89. The van der Waals surface area contributed by atoms with Crippen LogP contribution in [-0.4, -0.2) is 18.2 Å². The number of alkyl halides is 5. The fraction of sp³-hybridized carbons (Fsp3) is 0.435. The number of benzene rings is 2. The second kappa shape index (κ2) is 9.75. The highest BCUT2D eigenvalue weighted by Crippen LogP contribution is 2.34. The van der Waals surface area contributed by atoms with Crippen molar-refractivity contribution in [3.63, 3.8) is 0 Å². The molecule has 2 aromatic carbocycles. The molecule has 1 aliphatic carbocycles. The summed E-state index contributed by atoms with van der Waals surface area (Å²) < 4.78 is 72.1. The molecule has 0 radical (unpaired) electrons. The van der Waals surface area contributed by atoms with Gasteiger partial charge in [-0.05, 0) is 55.3 Å². The molecule has 0 heterocycles. The Kier molecular flexibility index (Phi) is 7.26. The molecule has 1 aliphatic rings. The van der Waals surface area contributed by atoms with E-state index in [1.54, 1.807) is 6.92 Å². The van der Waals surface area contributed by atoms with Crippen molar-refractivity contribution in [2.75, 3.05) is 5.32 Å². The lowest BCUT2D eigenvalue weighted by atomic mass is 10.0. The number of ether oxygens (including phenoxy) is 1. The fourth-order valence-corrected chi connectivity index (χ4v) is 3.73. The summed E-state index contributed by atoms with van der Waals surface area (Å²) in [6.07, 6.45) is -2.74. The standard InChI is InChI=1S/C23H25F5N2O2/c1-2-12-22(24,25)15-6-9-19(10-7-15)32-20-11-8-18(14-20)30-21(31)29-17-5-3-4-16(13-17)23(26,27)28/h3-7,9-10,13,18,20H,2,8,11-12,14H2,1H3,(H2,29,30,31)/t18-,20-/m0/s1. The first-order chi connectivity index (χ1) is 15.1. The van der Waals surface area contributed by atoms with Crippen LogP contribution in [0.5, 0.6) is 5.75 Å². The monoisotopic (exact) mass is 456 g/mol. The van der Waals surface area contributed by atoms with E-state index < -0.39 is 23.7 Å². The zero-order chi connectivity index (χ0) is 23.4. The first-order valence-corrected chi connectivity index (χ1v) is 10.5. The van der Waals surface area contributed by atoms with Gasteiger partial charge in [-0.3, -0.25) is 0 Å². The Bertz CT molecular complexity index is 915. The lowest BCUT2D eigenvalue weighted by Gasteiger charge is -2.18. The van der Waals surface area contributed by atoms with E-state index in [1.165, 1.54) is 36.4 Å². The maximum atomic E-state index is 14.0. The molecular weight excluding hydrogens is 431 g/mol. The van der Waals surface area contributed by atoms with Crippen LogP contribution in [0.25, 0.3) is 0 Å². The second-order valence-corrected chi connectivity index (χ2v) is 7.91. The summed E-state index contributed by atoms with van der Waals surface area (Å²) in [5.74, 6) is -2.40. The van der Waals surface area contributed by atoms with Gasteiger partial charge in [0.2, 0.25) is 0 Å². The van der Waals surface area contributed by atoms with E-state index in [9.17, 15) is 26.7 Å². The SMILES string of the molecule is CCCC(F)(F)c1ccc(O[C@H]2CC[C@H](NC(=O)Nc3cccc(C(F)(F)F)c3)C2)cc1. The van der Waals surface area contributed by atoms with Gasteiger partial charge in [0.05, 0.1) is 5.56 Å². The number of rotatable bonds is 7. The van der Waals surface area contributed by atoms with Gasteiger partial charge in [0.15, 0.2) is 0 Å². The Morgan fingerprint density at radius 3 is 2.41 bits per heavy atom. The average molecular weight is 456 g/mol. The summed E-state index contributed by atoms with van der Waals surface area (Å²) in [6, 6.07) is 9.34. The van der Waals surface area contributed by atoms with Gasteiger partial charge in [-0.25, -0.2) is 13.6 Å². The Morgan fingerprint density at radius 2 is 1.75 bits per heavy atom. The van der Waals surface area contributed by atoms with Crippen LogP contribution in [0.2, 0.25) is 0 Å². The molecule has 32 heavy (non-hydrogen) atoms. The van der Waals surface area contributed by atoms with Crippen LogP contribution in [-0.2, 0) is 12.1 Å². The Labute approximate surface area is 183 Å². The minimum atomic E-state index is -4.49. The lowest BCUT2D eigenvalue weighted by molar-refractivity contribution is -0.137. The molecule has 2 amide bonds. The molecular formula is C23H25F5N2O2.